The smallest absolute Gasteiger partial charge is 0.0504 e. The molecule has 1 heterocycles. The Kier molecular flexibility index (Phi) is 2.58. The van der Waals surface area contributed by atoms with Gasteiger partial charge in [-0.25, -0.2) is 0 Å². The first-order valence-corrected chi connectivity index (χ1v) is 5.23. The molecule has 13 heavy (non-hydrogen) atoms. The van der Waals surface area contributed by atoms with E-state index in [0.29, 0.717) is 5.92 Å². The van der Waals surface area contributed by atoms with E-state index < -0.39 is 0 Å². The summed E-state index contributed by atoms with van der Waals surface area (Å²) < 4.78 is 5.31. The molecule has 2 rings (SSSR count). The van der Waals surface area contributed by atoms with Gasteiger partial charge in [-0.2, -0.15) is 0 Å². The van der Waals surface area contributed by atoms with Crippen LogP contribution in [0.1, 0.15) is 25.7 Å². The fraction of sp³-hybridized carbons (Fsp3) is 1.00. The second-order valence-corrected chi connectivity index (χ2v) is 4.50. The minimum absolute atomic E-state index is 0.0284. The second-order valence-electron chi connectivity index (χ2n) is 4.50. The summed E-state index contributed by atoms with van der Waals surface area (Å²) in [6.45, 7) is 1.76. The maximum Gasteiger partial charge on any atom is 0.0504 e. The molecule has 0 aromatic carbocycles. The lowest BCUT2D eigenvalue weighted by Crippen LogP contribution is -2.49. The third-order valence-electron chi connectivity index (χ3n) is 3.64. The topological polar surface area (TPSA) is 55.5 Å². The van der Waals surface area contributed by atoms with Crippen molar-refractivity contribution < 1.29 is 9.84 Å². The van der Waals surface area contributed by atoms with Crippen molar-refractivity contribution in [3.63, 3.8) is 0 Å². The van der Waals surface area contributed by atoms with E-state index in [9.17, 15) is 5.11 Å². The monoisotopic (exact) mass is 185 g/mol. The van der Waals surface area contributed by atoms with Crippen LogP contribution >= 0.6 is 0 Å². The molecule has 3 nitrogen and oxygen atoms in total. The molecule has 2 fully saturated rings. The predicted octanol–water partition coefficient (Wildman–Crippen LogP) is 0.513. The lowest BCUT2D eigenvalue weighted by atomic mass is 9.73. The highest BCUT2D eigenvalue weighted by molar-refractivity contribution is 4.98. The number of rotatable bonds is 3. The van der Waals surface area contributed by atoms with Crippen LogP contribution in [-0.4, -0.2) is 31.0 Å². The standard InChI is InChI=1S/C10H19NO2/c11-9(8-1-2-8)10(7-12)3-5-13-6-4-10/h8-9,12H,1-7,11H2. The van der Waals surface area contributed by atoms with Gasteiger partial charge in [0, 0.05) is 24.7 Å². The Morgan fingerprint density at radius 3 is 2.46 bits per heavy atom. The van der Waals surface area contributed by atoms with Crippen LogP contribution in [0.4, 0.5) is 0 Å². The minimum Gasteiger partial charge on any atom is -0.396 e. The molecule has 0 radical (unpaired) electrons. The highest BCUT2D eigenvalue weighted by atomic mass is 16.5. The van der Waals surface area contributed by atoms with Gasteiger partial charge in [-0.1, -0.05) is 0 Å². The van der Waals surface area contributed by atoms with E-state index in [1.165, 1.54) is 12.8 Å². The average molecular weight is 185 g/mol. The van der Waals surface area contributed by atoms with Gasteiger partial charge in [0.05, 0.1) is 6.61 Å². The van der Waals surface area contributed by atoms with Gasteiger partial charge in [0.2, 0.25) is 0 Å². The Morgan fingerprint density at radius 1 is 1.38 bits per heavy atom. The van der Waals surface area contributed by atoms with E-state index in [1.807, 2.05) is 0 Å². The fourth-order valence-corrected chi connectivity index (χ4v) is 2.33. The molecule has 1 aliphatic carbocycles. The average Bonchev–Trinajstić information content (AvgIpc) is 3.01. The van der Waals surface area contributed by atoms with Crippen LogP contribution in [0.25, 0.3) is 0 Å². The molecule has 1 aliphatic heterocycles. The summed E-state index contributed by atoms with van der Waals surface area (Å²) in [7, 11) is 0. The van der Waals surface area contributed by atoms with E-state index in [4.69, 9.17) is 10.5 Å². The van der Waals surface area contributed by atoms with Crippen molar-refractivity contribution in [3.05, 3.63) is 0 Å². The molecule has 0 aromatic rings. The summed E-state index contributed by atoms with van der Waals surface area (Å²) >= 11 is 0. The van der Waals surface area contributed by atoms with Gasteiger partial charge >= 0.3 is 0 Å². The predicted molar refractivity (Wildman–Crippen MR) is 50.3 cm³/mol. The number of nitrogens with two attached hydrogens (primary N) is 1. The van der Waals surface area contributed by atoms with Crippen LogP contribution < -0.4 is 5.73 Å². The molecule has 76 valence electrons. The van der Waals surface area contributed by atoms with Gasteiger partial charge in [0.15, 0.2) is 0 Å². The van der Waals surface area contributed by atoms with Gasteiger partial charge in [-0.05, 0) is 31.6 Å². The van der Waals surface area contributed by atoms with E-state index in [-0.39, 0.29) is 18.1 Å². The van der Waals surface area contributed by atoms with Crippen molar-refractivity contribution in [2.75, 3.05) is 19.8 Å². The van der Waals surface area contributed by atoms with Gasteiger partial charge in [-0.3, -0.25) is 0 Å². The first-order chi connectivity index (χ1) is 6.28. The Bertz CT molecular complexity index is 174. The van der Waals surface area contributed by atoms with Crippen molar-refractivity contribution in [3.8, 4) is 0 Å². The molecular formula is C10H19NO2. The summed E-state index contributed by atoms with van der Waals surface area (Å²) in [5, 5.41) is 9.45. The summed E-state index contributed by atoms with van der Waals surface area (Å²) in [6, 6.07) is 0.196. The number of hydrogen-bond acceptors (Lipinski definition) is 3. The van der Waals surface area contributed by atoms with Crippen LogP contribution in [-0.2, 0) is 4.74 Å². The largest absolute Gasteiger partial charge is 0.396 e. The zero-order chi connectivity index (χ0) is 9.31. The third kappa shape index (κ3) is 1.73. The summed E-state index contributed by atoms with van der Waals surface area (Å²) in [5.41, 5.74) is 6.16. The molecular weight excluding hydrogens is 166 g/mol. The van der Waals surface area contributed by atoms with Gasteiger partial charge in [0.25, 0.3) is 0 Å². The molecule has 0 spiro atoms. The number of ether oxygens (including phenoxy) is 1. The van der Waals surface area contributed by atoms with Gasteiger partial charge in [-0.15, -0.1) is 0 Å². The molecule has 1 saturated heterocycles. The third-order valence-corrected chi connectivity index (χ3v) is 3.64. The summed E-state index contributed by atoms with van der Waals surface area (Å²) in [4.78, 5) is 0. The Hall–Kier alpha value is -0.120. The molecule has 2 aliphatic rings. The quantitative estimate of drug-likeness (QED) is 0.673. The number of aliphatic hydroxyl groups is 1. The van der Waals surface area contributed by atoms with E-state index in [2.05, 4.69) is 0 Å². The zero-order valence-corrected chi connectivity index (χ0v) is 8.04. The van der Waals surface area contributed by atoms with E-state index >= 15 is 0 Å². The van der Waals surface area contributed by atoms with Crippen molar-refractivity contribution in [2.24, 2.45) is 17.1 Å². The highest BCUT2D eigenvalue weighted by Gasteiger charge is 2.44. The Balaban J connectivity index is 2.02. The molecule has 0 amide bonds. The fourth-order valence-electron chi connectivity index (χ4n) is 2.33. The maximum atomic E-state index is 9.45. The molecule has 1 atom stereocenters. The van der Waals surface area contributed by atoms with Crippen LogP contribution in [0, 0.1) is 11.3 Å². The normalized spacial score (nSPS) is 30.0. The number of aliphatic hydroxyl groups excluding tert-OH is 1. The second kappa shape index (κ2) is 3.56. The SMILES string of the molecule is NC(C1CC1)C1(CO)CCOCC1. The zero-order valence-electron chi connectivity index (χ0n) is 8.04. The highest BCUT2D eigenvalue weighted by Crippen LogP contribution is 2.44. The number of hydrogen-bond donors (Lipinski definition) is 2. The van der Waals surface area contributed by atoms with Crippen LogP contribution in [0.5, 0.6) is 0 Å². The van der Waals surface area contributed by atoms with Crippen LogP contribution in [0.3, 0.4) is 0 Å². The van der Waals surface area contributed by atoms with Gasteiger partial charge < -0.3 is 15.6 Å². The molecule has 1 unspecified atom stereocenters. The first kappa shape index (κ1) is 9.44. The molecule has 3 heteroatoms. The van der Waals surface area contributed by atoms with Crippen LogP contribution in [0.2, 0.25) is 0 Å². The molecule has 3 N–H and O–H groups in total. The minimum atomic E-state index is -0.0284. The van der Waals surface area contributed by atoms with Gasteiger partial charge in [0.1, 0.15) is 0 Å². The summed E-state index contributed by atoms with van der Waals surface area (Å²) in [6.07, 6.45) is 4.37. The lowest BCUT2D eigenvalue weighted by Gasteiger charge is -2.40. The van der Waals surface area contributed by atoms with E-state index in [1.54, 1.807) is 0 Å². The molecule has 0 bridgehead atoms. The van der Waals surface area contributed by atoms with Crippen molar-refractivity contribution in [2.45, 2.75) is 31.7 Å². The maximum absolute atomic E-state index is 9.45. The van der Waals surface area contributed by atoms with Crippen molar-refractivity contribution >= 4 is 0 Å². The Morgan fingerprint density at radius 2 is 2.00 bits per heavy atom. The van der Waals surface area contributed by atoms with Crippen molar-refractivity contribution in [1.29, 1.82) is 0 Å². The summed E-state index contributed by atoms with van der Waals surface area (Å²) in [5.74, 6) is 0.672. The lowest BCUT2D eigenvalue weighted by molar-refractivity contribution is -0.0340. The van der Waals surface area contributed by atoms with Crippen LogP contribution in [0.15, 0.2) is 0 Å². The first-order valence-electron chi connectivity index (χ1n) is 5.23. The Labute approximate surface area is 79.3 Å². The van der Waals surface area contributed by atoms with E-state index in [0.717, 1.165) is 26.1 Å². The van der Waals surface area contributed by atoms with Crippen molar-refractivity contribution in [1.82, 2.24) is 0 Å². The molecule has 0 aromatic heterocycles. The molecule has 1 saturated carbocycles.